The fraction of sp³-hybridized carbons (Fsp3) is 0.350. The second-order valence-electron chi connectivity index (χ2n) is 7.00. The quantitative estimate of drug-likeness (QED) is 0.769. The van der Waals surface area contributed by atoms with Crippen LogP contribution in [0.15, 0.2) is 53.4 Å². The highest BCUT2D eigenvalue weighted by molar-refractivity contribution is 7.92. The molecular weight excluding hydrogens is 366 g/mol. The average molecular weight is 390 g/mol. The fourth-order valence-electron chi connectivity index (χ4n) is 3.76. The maximum Gasteiger partial charge on any atom is 0.182 e. The van der Waals surface area contributed by atoms with Gasteiger partial charge in [-0.05, 0) is 31.5 Å². The summed E-state index contributed by atoms with van der Waals surface area (Å²) in [7, 11) is -2.07. The number of ether oxygens (including phenoxy) is 1. The number of rotatable bonds is 6. The van der Waals surface area contributed by atoms with Crippen molar-refractivity contribution in [3.8, 4) is 0 Å². The molecule has 1 fully saturated rings. The largest absolute Gasteiger partial charge is 0.393 e. The molecule has 3 atom stereocenters. The molecule has 3 rings (SSSR count). The predicted octanol–water partition coefficient (Wildman–Crippen LogP) is 3.16. The highest BCUT2D eigenvalue weighted by Gasteiger charge is 2.73. The van der Waals surface area contributed by atoms with E-state index in [9.17, 15) is 8.42 Å². The van der Waals surface area contributed by atoms with Gasteiger partial charge in [0.15, 0.2) is 9.84 Å². The van der Waals surface area contributed by atoms with E-state index in [-0.39, 0.29) is 17.5 Å². The zero-order valence-corrected chi connectivity index (χ0v) is 16.7. The zero-order chi connectivity index (χ0) is 19.1. The van der Waals surface area contributed by atoms with Crippen LogP contribution < -0.4 is 5.73 Å². The Labute approximate surface area is 160 Å². The van der Waals surface area contributed by atoms with Crippen molar-refractivity contribution in [3.05, 3.63) is 65.2 Å². The highest BCUT2D eigenvalue weighted by Crippen LogP contribution is 2.64. The number of hydrogen-bond acceptors (Lipinski definition) is 4. The molecule has 0 aliphatic heterocycles. The van der Waals surface area contributed by atoms with E-state index in [1.54, 1.807) is 31.4 Å². The SMILES string of the molecule is COC[C@]1(C(N)=S)[C@@H](c2ccc(C)cc2)[C@@H]1S(=O)(=O)c1ccc(C)cc1. The van der Waals surface area contributed by atoms with E-state index >= 15 is 0 Å². The number of hydrogen-bond donors (Lipinski definition) is 1. The molecule has 0 amide bonds. The predicted molar refractivity (Wildman–Crippen MR) is 107 cm³/mol. The Hall–Kier alpha value is -1.76. The van der Waals surface area contributed by atoms with Crippen molar-refractivity contribution in [3.63, 3.8) is 0 Å². The summed E-state index contributed by atoms with van der Waals surface area (Å²) >= 11 is 5.31. The minimum Gasteiger partial charge on any atom is -0.393 e. The molecule has 4 nitrogen and oxygen atoms in total. The third-order valence-corrected chi connectivity index (χ3v) is 7.89. The van der Waals surface area contributed by atoms with Crippen molar-refractivity contribution < 1.29 is 13.2 Å². The molecule has 0 saturated heterocycles. The van der Waals surface area contributed by atoms with Crippen molar-refractivity contribution in [2.24, 2.45) is 11.1 Å². The van der Waals surface area contributed by atoms with Crippen molar-refractivity contribution >= 4 is 27.0 Å². The minimum atomic E-state index is -3.61. The second kappa shape index (κ2) is 6.76. The van der Waals surface area contributed by atoms with Gasteiger partial charge in [0.25, 0.3) is 0 Å². The lowest BCUT2D eigenvalue weighted by Gasteiger charge is -2.16. The van der Waals surface area contributed by atoms with Crippen LogP contribution in [0.5, 0.6) is 0 Å². The van der Waals surface area contributed by atoms with E-state index in [2.05, 4.69) is 0 Å². The van der Waals surface area contributed by atoms with Gasteiger partial charge in [0.1, 0.15) is 0 Å². The summed E-state index contributed by atoms with van der Waals surface area (Å²) in [5, 5.41) is -0.724. The van der Waals surface area contributed by atoms with Gasteiger partial charge in [0.2, 0.25) is 0 Å². The third kappa shape index (κ3) is 2.96. The molecule has 6 heteroatoms. The molecule has 1 aliphatic carbocycles. The molecule has 0 aromatic heterocycles. The maximum absolute atomic E-state index is 13.4. The first-order valence-electron chi connectivity index (χ1n) is 8.41. The van der Waals surface area contributed by atoms with Crippen molar-refractivity contribution in [1.82, 2.24) is 0 Å². The van der Waals surface area contributed by atoms with Crippen molar-refractivity contribution in [2.45, 2.75) is 29.9 Å². The number of thiocarbonyl (C=S) groups is 1. The number of sulfone groups is 1. The van der Waals surface area contributed by atoms with E-state index in [0.717, 1.165) is 16.7 Å². The lowest BCUT2D eigenvalue weighted by atomic mass is 9.99. The number of benzene rings is 2. The first kappa shape index (κ1) is 19.0. The van der Waals surface area contributed by atoms with Crippen LogP contribution in [0.2, 0.25) is 0 Å². The summed E-state index contributed by atoms with van der Waals surface area (Å²) < 4.78 is 32.1. The summed E-state index contributed by atoms with van der Waals surface area (Å²) in [5.41, 5.74) is 8.20. The molecule has 1 aliphatic rings. The number of methoxy groups -OCH3 is 1. The summed E-state index contributed by atoms with van der Waals surface area (Å²) in [5.74, 6) is -0.313. The standard InChI is InChI=1S/C20H23NO3S2/c1-13-4-8-15(9-5-13)17-18(20(17,12-24-3)19(21)25)26(22,23)16-10-6-14(2)7-11-16/h4-11,17-18H,12H2,1-3H3,(H2,21,25)/t17-,18-,20-/m0/s1. The van der Waals surface area contributed by atoms with Crippen LogP contribution >= 0.6 is 12.2 Å². The van der Waals surface area contributed by atoms with Gasteiger partial charge in [-0.15, -0.1) is 0 Å². The van der Waals surface area contributed by atoms with Crippen LogP contribution in [0.3, 0.4) is 0 Å². The van der Waals surface area contributed by atoms with Gasteiger partial charge in [-0.3, -0.25) is 0 Å². The summed E-state index contributed by atoms with van der Waals surface area (Å²) in [6.07, 6.45) is 0. The molecule has 2 aromatic carbocycles. The van der Waals surface area contributed by atoms with Gasteiger partial charge >= 0.3 is 0 Å². The first-order chi connectivity index (χ1) is 12.2. The summed E-state index contributed by atoms with van der Waals surface area (Å²) in [6, 6.07) is 14.7. The number of aryl methyl sites for hydroxylation is 2. The van der Waals surface area contributed by atoms with Gasteiger partial charge < -0.3 is 10.5 Å². The van der Waals surface area contributed by atoms with Crippen LogP contribution in [-0.2, 0) is 14.6 Å². The van der Waals surface area contributed by atoms with Gasteiger partial charge in [-0.1, -0.05) is 59.7 Å². The van der Waals surface area contributed by atoms with Gasteiger partial charge in [0.05, 0.1) is 27.2 Å². The molecule has 0 radical (unpaired) electrons. The topological polar surface area (TPSA) is 69.4 Å². The molecule has 138 valence electrons. The normalized spacial score (nSPS) is 25.0. The van der Waals surface area contributed by atoms with Crippen LogP contribution in [0, 0.1) is 19.3 Å². The van der Waals surface area contributed by atoms with Crippen LogP contribution in [0.4, 0.5) is 0 Å². The smallest absolute Gasteiger partial charge is 0.182 e. The third-order valence-electron chi connectivity index (χ3n) is 5.22. The monoisotopic (exact) mass is 389 g/mol. The summed E-state index contributed by atoms with van der Waals surface area (Å²) in [6.45, 7) is 4.09. The molecule has 1 saturated carbocycles. The zero-order valence-electron chi connectivity index (χ0n) is 15.1. The van der Waals surface area contributed by atoms with Crippen LogP contribution in [-0.4, -0.2) is 32.4 Å². The Morgan fingerprint density at radius 3 is 2.04 bits per heavy atom. The van der Waals surface area contributed by atoms with Crippen LogP contribution in [0.1, 0.15) is 22.6 Å². The molecule has 26 heavy (non-hydrogen) atoms. The molecular formula is C20H23NO3S2. The van der Waals surface area contributed by atoms with Gasteiger partial charge in [-0.2, -0.15) is 0 Å². The van der Waals surface area contributed by atoms with Gasteiger partial charge in [0, 0.05) is 13.0 Å². The van der Waals surface area contributed by atoms with E-state index in [0.29, 0.717) is 4.90 Å². The lowest BCUT2D eigenvalue weighted by molar-refractivity contribution is 0.166. The molecule has 2 N–H and O–H groups in total. The molecule has 0 spiro atoms. The molecule has 0 unspecified atom stereocenters. The molecule has 0 bridgehead atoms. The Kier molecular flexibility index (Phi) is 4.94. The second-order valence-corrected chi connectivity index (χ2v) is 9.51. The first-order valence-corrected chi connectivity index (χ1v) is 10.4. The van der Waals surface area contributed by atoms with E-state index < -0.39 is 20.5 Å². The van der Waals surface area contributed by atoms with E-state index in [1.165, 1.54) is 0 Å². The van der Waals surface area contributed by atoms with E-state index in [4.69, 9.17) is 22.7 Å². The molecule has 2 aromatic rings. The fourth-order valence-corrected chi connectivity index (χ4v) is 6.53. The lowest BCUT2D eigenvalue weighted by Crippen LogP contribution is -2.33. The Bertz CT molecular complexity index is 921. The van der Waals surface area contributed by atoms with Gasteiger partial charge in [-0.25, -0.2) is 8.42 Å². The van der Waals surface area contributed by atoms with E-state index in [1.807, 2.05) is 38.1 Å². The van der Waals surface area contributed by atoms with Crippen molar-refractivity contribution in [1.29, 1.82) is 0 Å². The Balaban J connectivity index is 2.11. The number of nitrogens with two attached hydrogens (primary N) is 1. The minimum absolute atomic E-state index is 0.177. The average Bonchev–Trinajstić information content (AvgIpc) is 3.27. The highest BCUT2D eigenvalue weighted by atomic mass is 32.2. The Morgan fingerprint density at radius 1 is 1.08 bits per heavy atom. The summed E-state index contributed by atoms with van der Waals surface area (Å²) in [4.78, 5) is 0.477. The maximum atomic E-state index is 13.4. The Morgan fingerprint density at radius 2 is 1.58 bits per heavy atom. The van der Waals surface area contributed by atoms with Crippen LogP contribution in [0.25, 0.3) is 0 Å². The molecule has 0 heterocycles. The van der Waals surface area contributed by atoms with Crippen molar-refractivity contribution in [2.75, 3.05) is 13.7 Å².